The van der Waals surface area contributed by atoms with Crippen LogP contribution in [-0.4, -0.2) is 34.5 Å². The minimum absolute atomic E-state index is 0.118. The average Bonchev–Trinajstić information content (AvgIpc) is 3.32. The van der Waals surface area contributed by atoms with E-state index in [-0.39, 0.29) is 12.0 Å². The zero-order valence-corrected chi connectivity index (χ0v) is 16.3. The van der Waals surface area contributed by atoms with Gasteiger partial charge in [-0.1, -0.05) is 29.8 Å². The summed E-state index contributed by atoms with van der Waals surface area (Å²) in [7, 11) is 0. The summed E-state index contributed by atoms with van der Waals surface area (Å²) in [6.45, 7) is 5.46. The highest BCUT2D eigenvalue weighted by Crippen LogP contribution is 2.26. The Bertz CT molecular complexity index is 1010. The van der Waals surface area contributed by atoms with E-state index in [2.05, 4.69) is 36.5 Å². The summed E-state index contributed by atoms with van der Waals surface area (Å²) in [6, 6.07) is 12.4. The van der Waals surface area contributed by atoms with E-state index in [0.29, 0.717) is 6.54 Å². The minimum Gasteiger partial charge on any atom is -0.376 e. The molecule has 144 valence electrons. The van der Waals surface area contributed by atoms with Gasteiger partial charge >= 0.3 is 0 Å². The number of rotatable bonds is 5. The Morgan fingerprint density at radius 1 is 1.25 bits per heavy atom. The van der Waals surface area contributed by atoms with Crippen molar-refractivity contribution in [1.82, 2.24) is 14.7 Å². The smallest absolute Gasteiger partial charge is 0.244 e. The van der Waals surface area contributed by atoms with Crippen molar-refractivity contribution in [2.24, 2.45) is 0 Å². The van der Waals surface area contributed by atoms with Crippen LogP contribution in [0.5, 0.6) is 0 Å². The summed E-state index contributed by atoms with van der Waals surface area (Å²) in [4.78, 5) is 17.1. The number of carbonyl (C=O) groups is 1. The molecule has 3 heterocycles. The van der Waals surface area contributed by atoms with Crippen LogP contribution in [0, 0.1) is 13.8 Å². The molecule has 0 spiro atoms. The second-order valence-corrected chi connectivity index (χ2v) is 7.36. The van der Waals surface area contributed by atoms with Gasteiger partial charge in [0.2, 0.25) is 5.91 Å². The molecule has 1 saturated heterocycles. The van der Waals surface area contributed by atoms with Crippen LogP contribution in [0.15, 0.2) is 48.7 Å². The SMILES string of the molecule is Cc1ccc(-c2nc3cc(C)ccn3c2/C=C/C(=O)NCC2CCCO2)cc1. The van der Waals surface area contributed by atoms with Gasteiger partial charge in [0, 0.05) is 31.0 Å². The number of fused-ring (bicyclic) bond motifs is 1. The number of hydrogen-bond donors (Lipinski definition) is 1. The third kappa shape index (κ3) is 3.99. The molecule has 0 radical (unpaired) electrons. The maximum absolute atomic E-state index is 12.3. The summed E-state index contributed by atoms with van der Waals surface area (Å²) in [5.41, 5.74) is 6.02. The Balaban J connectivity index is 1.63. The number of nitrogens with zero attached hydrogens (tertiary/aromatic N) is 2. The Hall–Kier alpha value is -2.92. The van der Waals surface area contributed by atoms with Gasteiger partial charge in [0.25, 0.3) is 0 Å². The lowest BCUT2D eigenvalue weighted by Gasteiger charge is -2.09. The second-order valence-electron chi connectivity index (χ2n) is 7.36. The molecule has 1 aliphatic rings. The van der Waals surface area contributed by atoms with Crippen LogP contribution in [0.3, 0.4) is 0 Å². The van der Waals surface area contributed by atoms with Crippen molar-refractivity contribution >= 4 is 17.6 Å². The monoisotopic (exact) mass is 375 g/mol. The number of ether oxygens (including phenoxy) is 1. The number of nitrogens with one attached hydrogen (secondary N) is 1. The first-order chi connectivity index (χ1) is 13.6. The quantitative estimate of drug-likeness (QED) is 0.688. The van der Waals surface area contributed by atoms with Crippen molar-refractivity contribution in [3.8, 4) is 11.3 Å². The number of imidazole rings is 1. The Labute approximate surface area is 165 Å². The predicted octanol–water partition coefficient (Wildman–Crippen LogP) is 3.93. The van der Waals surface area contributed by atoms with E-state index >= 15 is 0 Å². The summed E-state index contributed by atoms with van der Waals surface area (Å²) >= 11 is 0. The molecule has 28 heavy (non-hydrogen) atoms. The van der Waals surface area contributed by atoms with Gasteiger partial charge in [0.1, 0.15) is 5.65 Å². The zero-order valence-electron chi connectivity index (χ0n) is 16.3. The van der Waals surface area contributed by atoms with E-state index in [0.717, 1.165) is 47.6 Å². The number of amides is 1. The lowest BCUT2D eigenvalue weighted by atomic mass is 10.1. The molecule has 2 aromatic heterocycles. The fraction of sp³-hybridized carbons (Fsp3) is 0.304. The highest BCUT2D eigenvalue weighted by molar-refractivity contribution is 5.92. The summed E-state index contributed by atoms with van der Waals surface area (Å²) in [6.07, 6.45) is 7.63. The average molecular weight is 375 g/mol. The molecule has 0 bridgehead atoms. The molecule has 1 fully saturated rings. The molecule has 1 N–H and O–H groups in total. The number of pyridine rings is 1. The van der Waals surface area contributed by atoms with Crippen molar-refractivity contribution < 1.29 is 9.53 Å². The van der Waals surface area contributed by atoms with E-state index in [1.54, 1.807) is 6.08 Å². The highest BCUT2D eigenvalue weighted by atomic mass is 16.5. The molecule has 1 unspecified atom stereocenters. The molecule has 0 saturated carbocycles. The molecular weight excluding hydrogens is 350 g/mol. The third-order valence-corrected chi connectivity index (χ3v) is 5.06. The number of carbonyl (C=O) groups excluding carboxylic acids is 1. The van der Waals surface area contributed by atoms with Crippen LogP contribution < -0.4 is 5.32 Å². The normalized spacial score (nSPS) is 16.9. The fourth-order valence-electron chi connectivity index (χ4n) is 3.48. The van der Waals surface area contributed by atoms with Crippen LogP contribution >= 0.6 is 0 Å². The number of hydrogen-bond acceptors (Lipinski definition) is 3. The molecule has 5 nitrogen and oxygen atoms in total. The third-order valence-electron chi connectivity index (χ3n) is 5.06. The molecule has 3 aromatic rings. The molecule has 5 heteroatoms. The Kier molecular flexibility index (Phi) is 5.26. The lowest BCUT2D eigenvalue weighted by Crippen LogP contribution is -2.30. The first-order valence-electron chi connectivity index (χ1n) is 9.73. The number of aromatic nitrogens is 2. The van der Waals surface area contributed by atoms with E-state index in [9.17, 15) is 4.79 Å². The Morgan fingerprint density at radius 2 is 2.07 bits per heavy atom. The van der Waals surface area contributed by atoms with Crippen molar-refractivity contribution in [2.45, 2.75) is 32.8 Å². The molecule has 4 rings (SSSR count). The number of benzene rings is 1. The molecule has 0 aliphatic carbocycles. The highest BCUT2D eigenvalue weighted by Gasteiger charge is 2.16. The minimum atomic E-state index is -0.118. The van der Waals surface area contributed by atoms with Gasteiger partial charge in [-0.05, 0) is 50.5 Å². The zero-order chi connectivity index (χ0) is 19.5. The lowest BCUT2D eigenvalue weighted by molar-refractivity contribution is -0.116. The van der Waals surface area contributed by atoms with Crippen LogP contribution in [0.1, 0.15) is 29.7 Å². The van der Waals surface area contributed by atoms with Crippen molar-refractivity contribution in [2.75, 3.05) is 13.2 Å². The summed E-state index contributed by atoms with van der Waals surface area (Å²) in [5.74, 6) is -0.118. The van der Waals surface area contributed by atoms with E-state index < -0.39 is 0 Å². The number of aryl methyl sites for hydroxylation is 2. The van der Waals surface area contributed by atoms with Crippen molar-refractivity contribution in [3.05, 3.63) is 65.5 Å². The van der Waals surface area contributed by atoms with Gasteiger partial charge in [-0.2, -0.15) is 0 Å². The van der Waals surface area contributed by atoms with Crippen LogP contribution in [0.4, 0.5) is 0 Å². The summed E-state index contributed by atoms with van der Waals surface area (Å²) in [5, 5.41) is 2.93. The first kappa shape index (κ1) is 18.4. The molecule has 1 aromatic carbocycles. The standard InChI is InChI=1S/C23H25N3O2/c1-16-5-7-18(8-6-16)23-20(26-12-11-17(2)14-21(26)25-23)9-10-22(27)24-15-19-4-3-13-28-19/h5-12,14,19H,3-4,13,15H2,1-2H3,(H,24,27)/b10-9+. The molecule has 1 amide bonds. The molecule has 1 aliphatic heterocycles. The fourth-order valence-corrected chi connectivity index (χ4v) is 3.48. The van der Waals surface area contributed by atoms with Crippen LogP contribution in [0.2, 0.25) is 0 Å². The van der Waals surface area contributed by atoms with E-state index in [1.807, 2.05) is 35.7 Å². The van der Waals surface area contributed by atoms with E-state index in [1.165, 1.54) is 5.56 Å². The largest absolute Gasteiger partial charge is 0.376 e. The van der Waals surface area contributed by atoms with Gasteiger partial charge in [0.15, 0.2) is 0 Å². The second kappa shape index (κ2) is 7.98. The molecule has 1 atom stereocenters. The van der Waals surface area contributed by atoms with Gasteiger partial charge in [-0.15, -0.1) is 0 Å². The van der Waals surface area contributed by atoms with Crippen LogP contribution in [0.25, 0.3) is 23.0 Å². The first-order valence-corrected chi connectivity index (χ1v) is 9.73. The topological polar surface area (TPSA) is 55.6 Å². The van der Waals surface area contributed by atoms with Crippen molar-refractivity contribution in [1.29, 1.82) is 0 Å². The van der Waals surface area contributed by atoms with Crippen molar-refractivity contribution in [3.63, 3.8) is 0 Å². The van der Waals surface area contributed by atoms with Crippen LogP contribution in [-0.2, 0) is 9.53 Å². The summed E-state index contributed by atoms with van der Waals surface area (Å²) < 4.78 is 7.58. The van der Waals surface area contributed by atoms with Gasteiger partial charge in [-0.25, -0.2) is 4.98 Å². The van der Waals surface area contributed by atoms with E-state index in [4.69, 9.17) is 9.72 Å². The van der Waals surface area contributed by atoms with Gasteiger partial charge in [0.05, 0.1) is 17.5 Å². The van der Waals surface area contributed by atoms with Gasteiger partial charge < -0.3 is 10.1 Å². The van der Waals surface area contributed by atoms with Gasteiger partial charge in [-0.3, -0.25) is 9.20 Å². The maximum atomic E-state index is 12.3. The Morgan fingerprint density at radius 3 is 2.82 bits per heavy atom. The maximum Gasteiger partial charge on any atom is 0.244 e. The molecular formula is C23H25N3O2. The predicted molar refractivity (Wildman–Crippen MR) is 111 cm³/mol.